The summed E-state index contributed by atoms with van der Waals surface area (Å²) in [5, 5.41) is 9.56. The quantitative estimate of drug-likeness (QED) is 0.909. The fourth-order valence-corrected chi connectivity index (χ4v) is 4.16. The van der Waals surface area contributed by atoms with Crippen LogP contribution >= 0.6 is 0 Å². The van der Waals surface area contributed by atoms with Gasteiger partial charge in [0.15, 0.2) is 0 Å². The predicted molar refractivity (Wildman–Crippen MR) is 79.3 cm³/mol. The first kappa shape index (κ1) is 15.5. The van der Waals surface area contributed by atoms with Crippen molar-refractivity contribution in [2.24, 2.45) is 0 Å². The van der Waals surface area contributed by atoms with Gasteiger partial charge in [-0.3, -0.25) is 0 Å². The van der Waals surface area contributed by atoms with Gasteiger partial charge in [-0.25, -0.2) is 8.42 Å². The molecule has 0 unspecified atom stereocenters. The minimum atomic E-state index is -3.51. The van der Waals surface area contributed by atoms with Crippen molar-refractivity contribution in [3.63, 3.8) is 0 Å². The van der Waals surface area contributed by atoms with Crippen LogP contribution in [0.15, 0.2) is 23.1 Å². The highest BCUT2D eigenvalue weighted by molar-refractivity contribution is 7.89. The molecule has 112 valence electrons. The number of sulfonamides is 1. The minimum Gasteiger partial charge on any atom is -0.392 e. The second-order valence-corrected chi connectivity index (χ2v) is 8.44. The molecule has 1 saturated heterocycles. The van der Waals surface area contributed by atoms with Crippen molar-refractivity contribution in [3.8, 4) is 0 Å². The minimum absolute atomic E-state index is 0.0947. The van der Waals surface area contributed by atoms with Gasteiger partial charge in [-0.2, -0.15) is 4.31 Å². The average Bonchev–Trinajstić information content (AvgIpc) is 2.75. The highest BCUT2D eigenvalue weighted by Gasteiger charge is 2.33. The normalized spacial score (nSPS) is 21.4. The molecule has 0 aliphatic carbocycles. The molecule has 1 N–H and O–H groups in total. The molecule has 0 amide bonds. The van der Waals surface area contributed by atoms with E-state index in [1.165, 1.54) is 4.31 Å². The summed E-state index contributed by atoms with van der Waals surface area (Å²) in [4.78, 5) is 0.360. The van der Waals surface area contributed by atoms with E-state index in [1.807, 2.05) is 19.1 Å². The number of benzene rings is 1. The van der Waals surface area contributed by atoms with Crippen LogP contribution in [0.5, 0.6) is 0 Å². The Morgan fingerprint density at radius 1 is 1.30 bits per heavy atom. The number of β-amino-alcohol motifs (C(OH)–C–C–N with tert-alkyl or cyclic N) is 1. The Balaban J connectivity index is 2.46. The highest BCUT2D eigenvalue weighted by Crippen LogP contribution is 2.29. The first-order chi connectivity index (χ1) is 9.12. The van der Waals surface area contributed by atoms with Gasteiger partial charge in [0, 0.05) is 13.1 Å². The third-order valence-corrected chi connectivity index (χ3v) is 5.81. The fraction of sp³-hybridized carbons (Fsp3) is 0.600. The van der Waals surface area contributed by atoms with Crippen LogP contribution in [0, 0.1) is 6.92 Å². The maximum absolute atomic E-state index is 12.7. The Morgan fingerprint density at radius 2 is 1.95 bits per heavy atom. The number of hydrogen-bond donors (Lipinski definition) is 1. The Hall–Kier alpha value is -0.910. The van der Waals surface area contributed by atoms with E-state index in [4.69, 9.17) is 0 Å². The van der Waals surface area contributed by atoms with Crippen LogP contribution in [-0.4, -0.2) is 37.0 Å². The van der Waals surface area contributed by atoms with Crippen molar-refractivity contribution in [1.82, 2.24) is 4.31 Å². The fourth-order valence-electron chi connectivity index (χ4n) is 2.41. The van der Waals surface area contributed by atoms with Crippen molar-refractivity contribution >= 4 is 10.0 Å². The number of aliphatic hydroxyl groups is 1. The Morgan fingerprint density at radius 3 is 2.45 bits per heavy atom. The highest BCUT2D eigenvalue weighted by atomic mass is 32.2. The molecule has 2 rings (SSSR count). The van der Waals surface area contributed by atoms with Crippen LogP contribution < -0.4 is 0 Å². The molecule has 1 heterocycles. The van der Waals surface area contributed by atoms with Crippen molar-refractivity contribution < 1.29 is 13.5 Å². The SMILES string of the molecule is Cc1ccc(C(C)(C)C)cc1S(=O)(=O)N1CC[C@H](O)C1. The zero-order valence-corrected chi connectivity index (χ0v) is 13.4. The Bertz CT molecular complexity index is 602. The van der Waals surface area contributed by atoms with Gasteiger partial charge < -0.3 is 5.11 Å². The lowest BCUT2D eigenvalue weighted by atomic mass is 9.87. The molecule has 0 saturated carbocycles. The molecule has 1 atom stereocenters. The molecular weight excluding hydrogens is 274 g/mol. The Labute approximate surface area is 121 Å². The predicted octanol–water partition coefficient (Wildman–Crippen LogP) is 2.05. The van der Waals surface area contributed by atoms with Gasteiger partial charge >= 0.3 is 0 Å². The first-order valence-corrected chi connectivity index (χ1v) is 8.36. The molecule has 1 aliphatic rings. The van der Waals surface area contributed by atoms with Crippen molar-refractivity contribution in [2.75, 3.05) is 13.1 Å². The molecule has 0 aromatic heterocycles. The van der Waals surface area contributed by atoms with Gasteiger partial charge in [0.2, 0.25) is 10.0 Å². The van der Waals surface area contributed by atoms with Crippen molar-refractivity contribution in [1.29, 1.82) is 0 Å². The molecule has 0 spiro atoms. The lowest BCUT2D eigenvalue weighted by Crippen LogP contribution is -2.30. The zero-order chi connectivity index (χ0) is 15.1. The maximum atomic E-state index is 12.7. The molecule has 1 aromatic rings. The van der Waals surface area contributed by atoms with Crippen molar-refractivity contribution in [3.05, 3.63) is 29.3 Å². The molecule has 1 fully saturated rings. The van der Waals surface area contributed by atoms with Crippen molar-refractivity contribution in [2.45, 2.75) is 50.5 Å². The molecule has 20 heavy (non-hydrogen) atoms. The summed E-state index contributed by atoms with van der Waals surface area (Å²) >= 11 is 0. The molecule has 0 bridgehead atoms. The van der Waals surface area contributed by atoms with E-state index >= 15 is 0 Å². The maximum Gasteiger partial charge on any atom is 0.243 e. The number of rotatable bonds is 2. The van der Waals surface area contributed by atoms with E-state index < -0.39 is 16.1 Å². The van der Waals surface area contributed by atoms with Crippen LogP contribution in [0.1, 0.15) is 38.3 Å². The van der Waals surface area contributed by atoms with E-state index in [1.54, 1.807) is 6.07 Å². The van der Waals surface area contributed by atoms with E-state index in [2.05, 4.69) is 20.8 Å². The first-order valence-electron chi connectivity index (χ1n) is 6.92. The zero-order valence-electron chi connectivity index (χ0n) is 12.5. The van der Waals surface area contributed by atoms with E-state index in [9.17, 15) is 13.5 Å². The molecule has 5 heteroatoms. The number of aryl methyl sites for hydroxylation is 1. The lowest BCUT2D eigenvalue weighted by Gasteiger charge is -2.23. The standard InChI is InChI=1S/C15H23NO3S/c1-11-5-6-12(15(2,3)4)9-14(11)20(18,19)16-8-7-13(17)10-16/h5-6,9,13,17H,7-8,10H2,1-4H3/t13-/m0/s1. The second kappa shape index (κ2) is 5.13. The average molecular weight is 297 g/mol. The van der Waals surface area contributed by atoms with Gasteiger partial charge in [0.05, 0.1) is 11.0 Å². The topological polar surface area (TPSA) is 57.6 Å². The molecule has 0 radical (unpaired) electrons. The summed E-state index contributed by atoms with van der Waals surface area (Å²) in [7, 11) is -3.51. The smallest absolute Gasteiger partial charge is 0.243 e. The van der Waals surface area contributed by atoms with Gasteiger partial charge in [0.25, 0.3) is 0 Å². The number of nitrogens with zero attached hydrogens (tertiary/aromatic N) is 1. The van der Waals surface area contributed by atoms with Gasteiger partial charge in [-0.05, 0) is 36.0 Å². The van der Waals surface area contributed by atoms with Crippen LogP contribution in [0.3, 0.4) is 0 Å². The molecule has 1 aromatic carbocycles. The summed E-state index contributed by atoms with van der Waals surface area (Å²) in [6, 6.07) is 5.61. The monoisotopic (exact) mass is 297 g/mol. The van der Waals surface area contributed by atoms with Crippen LogP contribution in [0.2, 0.25) is 0 Å². The van der Waals surface area contributed by atoms with E-state index in [0.29, 0.717) is 17.9 Å². The molecular formula is C15H23NO3S. The van der Waals surface area contributed by atoms with Gasteiger partial charge in [0.1, 0.15) is 0 Å². The van der Waals surface area contributed by atoms with Gasteiger partial charge in [-0.1, -0.05) is 32.9 Å². The number of hydrogen-bond acceptors (Lipinski definition) is 3. The molecule has 4 nitrogen and oxygen atoms in total. The summed E-state index contributed by atoms with van der Waals surface area (Å²) in [5.41, 5.74) is 1.66. The third kappa shape index (κ3) is 2.90. The van der Waals surface area contributed by atoms with Gasteiger partial charge in [-0.15, -0.1) is 0 Å². The van der Waals surface area contributed by atoms with Crippen LogP contribution in [0.25, 0.3) is 0 Å². The van der Waals surface area contributed by atoms with Crippen LogP contribution in [-0.2, 0) is 15.4 Å². The lowest BCUT2D eigenvalue weighted by molar-refractivity contribution is 0.189. The second-order valence-electron chi connectivity index (χ2n) is 6.54. The third-order valence-electron chi connectivity index (χ3n) is 3.80. The largest absolute Gasteiger partial charge is 0.392 e. The van der Waals surface area contributed by atoms with E-state index in [-0.39, 0.29) is 12.0 Å². The molecule has 1 aliphatic heterocycles. The summed E-state index contributed by atoms with van der Waals surface area (Å²) in [6.45, 7) is 8.59. The Kier molecular flexibility index (Phi) is 3.97. The number of aliphatic hydroxyl groups excluding tert-OH is 1. The van der Waals surface area contributed by atoms with Crippen LogP contribution in [0.4, 0.5) is 0 Å². The van der Waals surface area contributed by atoms with E-state index in [0.717, 1.165) is 11.1 Å². The summed E-state index contributed by atoms with van der Waals surface area (Å²) in [6.07, 6.45) is -0.0343. The summed E-state index contributed by atoms with van der Waals surface area (Å²) < 4.78 is 26.8. The summed E-state index contributed by atoms with van der Waals surface area (Å²) in [5.74, 6) is 0.